The van der Waals surface area contributed by atoms with Crippen molar-refractivity contribution in [1.82, 2.24) is 5.43 Å². The molecule has 0 amide bonds. The largest absolute Gasteiger partial charge is 0.616 e. The average molecular weight is 585 g/mol. The molecule has 1 saturated heterocycles. The molecule has 8 heteroatoms. The van der Waals surface area contributed by atoms with Crippen molar-refractivity contribution in [2.75, 3.05) is 11.5 Å². The van der Waals surface area contributed by atoms with E-state index in [1.165, 1.54) is 32.3 Å². The lowest BCUT2D eigenvalue weighted by atomic mass is 9.89. The minimum Gasteiger partial charge on any atom is -0.616 e. The summed E-state index contributed by atoms with van der Waals surface area (Å²) < 4.78 is 19.2. The SMILES string of the molecule is CC#CC(C/C(=N/N)NN)c1ccc(OCc2ccc3scc(-c4ccc(C5CC[S+]([O-])CC5)cc4C)c3c2)cc1. The first-order valence-electron chi connectivity index (χ1n) is 13.8. The number of benzene rings is 3. The molecule has 0 spiro atoms. The summed E-state index contributed by atoms with van der Waals surface area (Å²) in [7, 11) is 0. The third kappa shape index (κ3) is 6.88. The fourth-order valence-electron chi connectivity index (χ4n) is 5.48. The Morgan fingerprint density at radius 3 is 2.59 bits per heavy atom. The lowest BCUT2D eigenvalue weighted by Gasteiger charge is -2.25. The first kappa shape index (κ1) is 29.0. The number of nitrogens with two attached hydrogens (primary N) is 2. The molecule has 5 rings (SSSR count). The Bertz CT molecular complexity index is 1580. The number of aryl methyl sites for hydroxylation is 1. The van der Waals surface area contributed by atoms with Crippen LogP contribution in [-0.4, -0.2) is 21.9 Å². The van der Waals surface area contributed by atoms with E-state index in [1.807, 2.05) is 31.2 Å². The maximum absolute atomic E-state index is 11.8. The Labute approximate surface area is 249 Å². The summed E-state index contributed by atoms with van der Waals surface area (Å²) in [5.74, 6) is 20.5. The number of nitrogens with one attached hydrogen (secondary N) is 1. The second kappa shape index (κ2) is 13.5. The molecular formula is C33H36N4O2S2. The van der Waals surface area contributed by atoms with Gasteiger partial charge in [-0.25, -0.2) is 5.84 Å². The van der Waals surface area contributed by atoms with Gasteiger partial charge >= 0.3 is 0 Å². The van der Waals surface area contributed by atoms with Crippen molar-refractivity contribution in [3.05, 3.63) is 88.3 Å². The van der Waals surface area contributed by atoms with Crippen molar-refractivity contribution in [3.63, 3.8) is 0 Å². The summed E-state index contributed by atoms with van der Waals surface area (Å²) in [6, 6.07) is 21.4. The third-order valence-electron chi connectivity index (χ3n) is 7.76. The van der Waals surface area contributed by atoms with Gasteiger partial charge in [-0.05, 0) is 90.1 Å². The van der Waals surface area contributed by atoms with E-state index >= 15 is 0 Å². The fraction of sp³-hybridized carbons (Fsp3) is 0.303. The summed E-state index contributed by atoms with van der Waals surface area (Å²) in [5.41, 5.74) is 9.90. The van der Waals surface area contributed by atoms with Crippen LogP contribution in [0.2, 0.25) is 0 Å². The Hall–Kier alpha value is -3.48. The van der Waals surface area contributed by atoms with Gasteiger partial charge in [0.15, 0.2) is 0 Å². The number of ether oxygens (including phenoxy) is 1. The number of fused-ring (bicyclic) bond motifs is 1. The van der Waals surface area contributed by atoms with E-state index in [2.05, 4.69) is 71.1 Å². The van der Waals surface area contributed by atoms with Gasteiger partial charge in [0, 0.05) is 22.1 Å². The molecule has 1 aliphatic heterocycles. The number of amidine groups is 1. The lowest BCUT2D eigenvalue weighted by molar-refractivity contribution is 0.306. The van der Waals surface area contributed by atoms with Gasteiger partial charge in [-0.2, -0.15) is 5.10 Å². The summed E-state index contributed by atoms with van der Waals surface area (Å²) in [4.78, 5) is 0. The van der Waals surface area contributed by atoms with Crippen LogP contribution >= 0.6 is 11.3 Å². The van der Waals surface area contributed by atoms with E-state index in [-0.39, 0.29) is 5.92 Å². The highest BCUT2D eigenvalue weighted by molar-refractivity contribution is 7.91. The first-order valence-corrected chi connectivity index (χ1v) is 16.2. The molecule has 3 aromatic carbocycles. The molecule has 0 aliphatic carbocycles. The van der Waals surface area contributed by atoms with E-state index < -0.39 is 11.2 Å². The zero-order valence-corrected chi connectivity index (χ0v) is 25.1. The van der Waals surface area contributed by atoms with Crippen LogP contribution in [0.5, 0.6) is 5.75 Å². The molecule has 4 aromatic rings. The molecule has 1 aliphatic rings. The van der Waals surface area contributed by atoms with Gasteiger partial charge < -0.3 is 20.6 Å². The standard InChI is InChI=1S/C33H36N4O2S2/c1-3-4-26(19-33(36-34)37-35)24-6-9-28(10-7-24)39-20-23-5-12-32-30(18-23)31(21-40-32)29-11-8-27(17-22(29)2)25-13-15-41(38)16-14-25/h5-12,17-18,21,25-26H,13-16,19-20,34-35H2,1-2H3,(H,36,37). The van der Waals surface area contributed by atoms with Crippen LogP contribution in [0.15, 0.2) is 71.1 Å². The Kier molecular flexibility index (Phi) is 9.53. The smallest absolute Gasteiger partial charge is 0.137 e. The predicted octanol–water partition coefficient (Wildman–Crippen LogP) is 6.31. The van der Waals surface area contributed by atoms with Crippen LogP contribution in [0.1, 0.15) is 60.3 Å². The molecule has 0 bridgehead atoms. The number of rotatable bonds is 8. The Balaban J connectivity index is 1.29. The van der Waals surface area contributed by atoms with E-state index in [0.717, 1.165) is 41.2 Å². The van der Waals surface area contributed by atoms with Gasteiger partial charge in [-0.3, -0.25) is 0 Å². The Morgan fingerprint density at radius 2 is 1.90 bits per heavy atom. The van der Waals surface area contributed by atoms with Crippen LogP contribution in [0, 0.1) is 18.8 Å². The van der Waals surface area contributed by atoms with Gasteiger partial charge in [0.1, 0.15) is 29.7 Å². The predicted molar refractivity (Wildman–Crippen MR) is 172 cm³/mol. The van der Waals surface area contributed by atoms with Crippen LogP contribution < -0.4 is 21.8 Å². The molecule has 1 atom stereocenters. The number of thiophene rings is 1. The van der Waals surface area contributed by atoms with E-state index in [0.29, 0.717) is 24.8 Å². The van der Waals surface area contributed by atoms with E-state index in [9.17, 15) is 4.55 Å². The number of hydrazone groups is 1. The van der Waals surface area contributed by atoms with Crippen molar-refractivity contribution < 1.29 is 9.29 Å². The van der Waals surface area contributed by atoms with Gasteiger partial charge in [0.05, 0.1) is 5.92 Å². The zero-order valence-electron chi connectivity index (χ0n) is 23.5. The molecule has 0 radical (unpaired) electrons. The van der Waals surface area contributed by atoms with Gasteiger partial charge in [-0.1, -0.05) is 53.5 Å². The topological polar surface area (TPSA) is 109 Å². The highest BCUT2D eigenvalue weighted by Gasteiger charge is 2.23. The number of hydrogen-bond acceptors (Lipinski definition) is 6. The van der Waals surface area contributed by atoms with E-state index in [1.54, 1.807) is 11.3 Å². The quantitative estimate of drug-likeness (QED) is 0.0561. The molecule has 1 fully saturated rings. The lowest BCUT2D eigenvalue weighted by Crippen LogP contribution is -2.32. The van der Waals surface area contributed by atoms with Crippen LogP contribution in [0.25, 0.3) is 21.2 Å². The summed E-state index contributed by atoms with van der Waals surface area (Å²) in [6.07, 6.45) is 2.53. The van der Waals surface area contributed by atoms with Crippen LogP contribution in [0.3, 0.4) is 0 Å². The maximum atomic E-state index is 11.8. The molecule has 0 saturated carbocycles. The van der Waals surface area contributed by atoms with Gasteiger partial charge in [0.25, 0.3) is 0 Å². The average Bonchev–Trinajstić information content (AvgIpc) is 3.42. The van der Waals surface area contributed by atoms with Crippen molar-refractivity contribution in [2.24, 2.45) is 16.8 Å². The van der Waals surface area contributed by atoms with Crippen molar-refractivity contribution in [3.8, 4) is 28.7 Å². The highest BCUT2D eigenvalue weighted by Crippen LogP contribution is 2.38. The molecule has 6 nitrogen and oxygen atoms in total. The van der Waals surface area contributed by atoms with E-state index in [4.69, 9.17) is 16.4 Å². The van der Waals surface area contributed by atoms with Crippen molar-refractivity contribution >= 4 is 38.4 Å². The highest BCUT2D eigenvalue weighted by atomic mass is 32.2. The molecule has 1 aromatic heterocycles. The van der Waals surface area contributed by atoms with Crippen LogP contribution in [-0.2, 0) is 17.8 Å². The minimum atomic E-state index is -0.635. The monoisotopic (exact) mass is 584 g/mol. The summed E-state index contributed by atoms with van der Waals surface area (Å²) in [6.45, 7) is 4.49. The van der Waals surface area contributed by atoms with Crippen molar-refractivity contribution in [2.45, 2.75) is 51.6 Å². The van der Waals surface area contributed by atoms with Crippen molar-refractivity contribution in [1.29, 1.82) is 0 Å². The fourth-order valence-corrected chi connectivity index (χ4v) is 7.72. The molecule has 41 heavy (non-hydrogen) atoms. The van der Waals surface area contributed by atoms with Gasteiger partial charge in [-0.15, -0.1) is 17.3 Å². The Morgan fingerprint density at radius 1 is 1.12 bits per heavy atom. The summed E-state index contributed by atoms with van der Waals surface area (Å²) >= 11 is 1.14. The zero-order chi connectivity index (χ0) is 28.8. The molecule has 1 unspecified atom stereocenters. The number of nitrogens with zero attached hydrogens (tertiary/aromatic N) is 1. The first-order chi connectivity index (χ1) is 20.0. The second-order valence-corrected chi connectivity index (χ2v) is 13.0. The molecule has 5 N–H and O–H groups in total. The molecule has 212 valence electrons. The molecule has 2 heterocycles. The maximum Gasteiger partial charge on any atom is 0.137 e. The number of hydrogen-bond donors (Lipinski definition) is 3. The summed E-state index contributed by atoms with van der Waals surface area (Å²) in [5, 5.41) is 7.20. The third-order valence-corrected chi connectivity index (χ3v) is 10.1. The molecular weight excluding hydrogens is 549 g/mol. The van der Waals surface area contributed by atoms with Crippen LogP contribution in [0.4, 0.5) is 0 Å². The normalized spacial score (nSPS) is 18.0. The second-order valence-electron chi connectivity index (χ2n) is 10.4. The minimum absolute atomic E-state index is 0.0717. The van der Waals surface area contributed by atoms with Gasteiger partial charge in [0.2, 0.25) is 0 Å². The number of hydrazine groups is 1.